The fraction of sp³-hybridized carbons (Fsp3) is 0.200. The molecule has 2 rings (SSSR count). The molecule has 94 valence electrons. The van der Waals surface area contributed by atoms with Gasteiger partial charge in [0, 0.05) is 8.95 Å². The number of hydrogen-bond donors (Lipinski definition) is 0. The maximum atomic E-state index is 6.64. The van der Waals surface area contributed by atoms with Crippen LogP contribution in [0, 0.1) is 13.8 Å². The zero-order valence-electron chi connectivity index (χ0n) is 10.2. The Morgan fingerprint density at radius 3 is 2.39 bits per heavy atom. The van der Waals surface area contributed by atoms with Gasteiger partial charge in [-0.2, -0.15) is 0 Å². The predicted octanol–water partition coefficient (Wildman–Crippen LogP) is 6.16. The van der Waals surface area contributed by atoms with Crippen molar-refractivity contribution in [3.63, 3.8) is 0 Å². The van der Waals surface area contributed by atoms with Gasteiger partial charge in [-0.05, 0) is 48.7 Å². The van der Waals surface area contributed by atoms with Gasteiger partial charge in [0.2, 0.25) is 0 Å². The molecule has 1 atom stereocenters. The molecule has 3 heteroatoms. The standard InChI is InChI=1S/C15H13Br2Cl/c1-9-3-4-10(2)12(7-9)15(18)13-8-11(16)5-6-14(13)17/h3-8,15H,1-2H3. The van der Waals surface area contributed by atoms with Crippen LogP contribution < -0.4 is 0 Å². The van der Waals surface area contributed by atoms with Gasteiger partial charge in [-0.1, -0.05) is 55.6 Å². The second-order valence-electron chi connectivity index (χ2n) is 4.39. The smallest absolute Gasteiger partial charge is 0.0849 e. The number of aryl methyl sites for hydroxylation is 2. The summed E-state index contributed by atoms with van der Waals surface area (Å²) >= 11 is 13.7. The van der Waals surface area contributed by atoms with E-state index >= 15 is 0 Å². The van der Waals surface area contributed by atoms with Crippen LogP contribution in [0.15, 0.2) is 45.3 Å². The Morgan fingerprint density at radius 1 is 0.944 bits per heavy atom. The molecule has 0 saturated carbocycles. The van der Waals surface area contributed by atoms with Gasteiger partial charge in [-0.15, -0.1) is 11.6 Å². The Bertz CT molecular complexity index is 527. The van der Waals surface area contributed by atoms with Crippen LogP contribution in [-0.2, 0) is 0 Å². The molecule has 0 aromatic heterocycles. The van der Waals surface area contributed by atoms with Crippen molar-refractivity contribution < 1.29 is 0 Å². The summed E-state index contributed by atoms with van der Waals surface area (Å²) in [5.74, 6) is 0. The maximum absolute atomic E-state index is 6.64. The second-order valence-corrected chi connectivity index (χ2v) is 6.59. The first-order valence-corrected chi connectivity index (χ1v) is 7.67. The third kappa shape index (κ3) is 2.98. The fourth-order valence-corrected chi connectivity index (χ4v) is 3.31. The number of hydrogen-bond acceptors (Lipinski definition) is 0. The average Bonchev–Trinajstić information content (AvgIpc) is 2.34. The number of halogens is 3. The molecule has 0 spiro atoms. The van der Waals surface area contributed by atoms with Crippen LogP contribution in [0.5, 0.6) is 0 Å². The van der Waals surface area contributed by atoms with Crippen LogP contribution >= 0.6 is 43.5 Å². The fourth-order valence-electron chi connectivity index (χ4n) is 1.91. The zero-order valence-corrected chi connectivity index (χ0v) is 14.1. The topological polar surface area (TPSA) is 0 Å². The summed E-state index contributed by atoms with van der Waals surface area (Å²) in [6.45, 7) is 4.18. The highest BCUT2D eigenvalue weighted by molar-refractivity contribution is 9.11. The van der Waals surface area contributed by atoms with Crippen molar-refractivity contribution in [3.8, 4) is 0 Å². The van der Waals surface area contributed by atoms with Gasteiger partial charge >= 0.3 is 0 Å². The Labute approximate surface area is 130 Å². The molecule has 2 aromatic carbocycles. The van der Waals surface area contributed by atoms with Crippen molar-refractivity contribution >= 4 is 43.5 Å². The van der Waals surface area contributed by atoms with E-state index in [1.54, 1.807) is 0 Å². The largest absolute Gasteiger partial charge is 0.113 e. The van der Waals surface area contributed by atoms with Crippen molar-refractivity contribution in [1.29, 1.82) is 0 Å². The Balaban J connectivity index is 2.50. The molecule has 0 fully saturated rings. The van der Waals surface area contributed by atoms with Crippen molar-refractivity contribution in [2.45, 2.75) is 19.2 Å². The van der Waals surface area contributed by atoms with Crippen LogP contribution in [0.1, 0.15) is 27.6 Å². The van der Waals surface area contributed by atoms with E-state index in [9.17, 15) is 0 Å². The quantitative estimate of drug-likeness (QED) is 0.541. The third-order valence-electron chi connectivity index (χ3n) is 2.94. The van der Waals surface area contributed by atoms with Gasteiger partial charge in [0.15, 0.2) is 0 Å². The monoisotopic (exact) mass is 386 g/mol. The lowest BCUT2D eigenvalue weighted by molar-refractivity contribution is 1.09. The number of benzene rings is 2. The number of rotatable bonds is 2. The van der Waals surface area contributed by atoms with Crippen molar-refractivity contribution in [3.05, 3.63) is 67.6 Å². The van der Waals surface area contributed by atoms with Gasteiger partial charge < -0.3 is 0 Å². The molecule has 2 aromatic rings. The maximum Gasteiger partial charge on any atom is 0.0849 e. The average molecular weight is 389 g/mol. The highest BCUT2D eigenvalue weighted by Gasteiger charge is 2.16. The Kier molecular flexibility index (Phi) is 4.52. The molecule has 0 radical (unpaired) electrons. The molecular formula is C15H13Br2Cl. The van der Waals surface area contributed by atoms with Crippen molar-refractivity contribution in [2.24, 2.45) is 0 Å². The Hall–Kier alpha value is -0.310. The van der Waals surface area contributed by atoms with Gasteiger partial charge in [0.25, 0.3) is 0 Å². The van der Waals surface area contributed by atoms with Gasteiger partial charge in [-0.3, -0.25) is 0 Å². The summed E-state index contributed by atoms with van der Waals surface area (Å²) in [4.78, 5) is 0. The number of alkyl halides is 1. The first kappa shape index (κ1) is 14.1. The van der Waals surface area contributed by atoms with Crippen molar-refractivity contribution in [1.82, 2.24) is 0 Å². The van der Waals surface area contributed by atoms with Crippen LogP contribution in [0.25, 0.3) is 0 Å². The third-order valence-corrected chi connectivity index (χ3v) is 4.62. The predicted molar refractivity (Wildman–Crippen MR) is 85.5 cm³/mol. The minimum Gasteiger partial charge on any atom is -0.113 e. The molecule has 0 aliphatic rings. The van der Waals surface area contributed by atoms with E-state index in [0.717, 1.165) is 20.1 Å². The molecule has 0 amide bonds. The molecule has 0 heterocycles. The lowest BCUT2D eigenvalue weighted by atomic mass is 9.98. The van der Waals surface area contributed by atoms with E-state index in [0.29, 0.717) is 0 Å². The minimum atomic E-state index is -0.142. The van der Waals surface area contributed by atoms with Crippen LogP contribution in [0.4, 0.5) is 0 Å². The summed E-state index contributed by atoms with van der Waals surface area (Å²) in [7, 11) is 0. The van der Waals surface area contributed by atoms with E-state index in [1.807, 2.05) is 12.1 Å². The SMILES string of the molecule is Cc1ccc(C)c(C(Cl)c2cc(Br)ccc2Br)c1. The van der Waals surface area contributed by atoms with Crippen LogP contribution in [0.2, 0.25) is 0 Å². The van der Waals surface area contributed by atoms with Gasteiger partial charge in [0.1, 0.15) is 0 Å². The van der Waals surface area contributed by atoms with E-state index in [2.05, 4.69) is 70.0 Å². The van der Waals surface area contributed by atoms with E-state index < -0.39 is 0 Å². The van der Waals surface area contributed by atoms with E-state index in [1.165, 1.54) is 11.1 Å². The lowest BCUT2D eigenvalue weighted by Crippen LogP contribution is -1.98. The zero-order chi connectivity index (χ0) is 13.3. The Morgan fingerprint density at radius 2 is 1.67 bits per heavy atom. The molecule has 0 aliphatic heterocycles. The molecular weight excluding hydrogens is 375 g/mol. The molecule has 1 unspecified atom stereocenters. The van der Waals surface area contributed by atoms with Crippen LogP contribution in [-0.4, -0.2) is 0 Å². The second kappa shape index (κ2) is 5.77. The van der Waals surface area contributed by atoms with Crippen LogP contribution in [0.3, 0.4) is 0 Å². The summed E-state index contributed by atoms with van der Waals surface area (Å²) < 4.78 is 2.07. The van der Waals surface area contributed by atoms with E-state index in [-0.39, 0.29) is 5.38 Å². The highest BCUT2D eigenvalue weighted by Crippen LogP contribution is 2.37. The summed E-state index contributed by atoms with van der Waals surface area (Å²) in [5, 5.41) is -0.142. The highest BCUT2D eigenvalue weighted by atomic mass is 79.9. The summed E-state index contributed by atoms with van der Waals surface area (Å²) in [6, 6.07) is 12.5. The summed E-state index contributed by atoms with van der Waals surface area (Å²) in [5.41, 5.74) is 4.69. The van der Waals surface area contributed by atoms with Gasteiger partial charge in [0.05, 0.1) is 5.38 Å². The molecule has 18 heavy (non-hydrogen) atoms. The molecule has 0 aliphatic carbocycles. The molecule has 0 N–H and O–H groups in total. The first-order valence-electron chi connectivity index (χ1n) is 5.65. The molecule has 0 bridgehead atoms. The normalized spacial score (nSPS) is 12.5. The lowest BCUT2D eigenvalue weighted by Gasteiger charge is -2.16. The summed E-state index contributed by atoms with van der Waals surface area (Å²) in [6.07, 6.45) is 0. The van der Waals surface area contributed by atoms with E-state index in [4.69, 9.17) is 11.6 Å². The molecule has 0 nitrogen and oxygen atoms in total. The van der Waals surface area contributed by atoms with Gasteiger partial charge in [-0.25, -0.2) is 0 Å². The molecule has 0 saturated heterocycles. The minimum absolute atomic E-state index is 0.142. The van der Waals surface area contributed by atoms with Crippen molar-refractivity contribution in [2.75, 3.05) is 0 Å². The first-order chi connectivity index (χ1) is 8.49.